The van der Waals surface area contributed by atoms with Crippen LogP contribution in [-0.4, -0.2) is 39.9 Å². The van der Waals surface area contributed by atoms with Crippen molar-refractivity contribution in [1.29, 1.82) is 0 Å². The molecule has 1 heterocycles. The van der Waals surface area contributed by atoms with Crippen LogP contribution >= 0.6 is 0 Å². The molecule has 0 aliphatic carbocycles. The van der Waals surface area contributed by atoms with Crippen molar-refractivity contribution >= 4 is 15.7 Å². The normalized spacial score (nSPS) is 16.9. The molecule has 1 aromatic rings. The van der Waals surface area contributed by atoms with Crippen LogP contribution in [0.4, 0.5) is 5.69 Å². The van der Waals surface area contributed by atoms with Gasteiger partial charge in [-0.2, -0.15) is 0 Å². The zero-order valence-corrected chi connectivity index (χ0v) is 12.7. The van der Waals surface area contributed by atoms with Gasteiger partial charge in [0.2, 0.25) is 10.0 Å². The minimum absolute atomic E-state index is 0.417. The Labute approximate surface area is 116 Å². The maximum atomic E-state index is 12.3. The molecule has 0 radical (unpaired) electrons. The molecule has 0 amide bonds. The van der Waals surface area contributed by atoms with Crippen LogP contribution < -0.4 is 4.90 Å². The van der Waals surface area contributed by atoms with Crippen molar-refractivity contribution in [1.82, 2.24) is 4.31 Å². The molecule has 0 spiro atoms. The van der Waals surface area contributed by atoms with E-state index in [2.05, 4.69) is 4.90 Å². The van der Waals surface area contributed by atoms with Gasteiger partial charge in [-0.1, -0.05) is 6.07 Å². The molecule has 0 N–H and O–H groups in total. The Morgan fingerprint density at radius 2 is 1.74 bits per heavy atom. The largest absolute Gasteiger partial charge is 0.371 e. The second-order valence-electron chi connectivity index (χ2n) is 5.24. The number of piperidine rings is 1. The van der Waals surface area contributed by atoms with Crippen molar-refractivity contribution in [3.05, 3.63) is 23.8 Å². The molecule has 1 aromatic carbocycles. The van der Waals surface area contributed by atoms with Gasteiger partial charge in [0.15, 0.2) is 0 Å². The number of rotatable bonds is 3. The standard InChI is InChI=1S/C14H22N2O2S/c1-12-13(16-10-5-4-6-11-16)8-7-9-14(12)19(17,18)15(2)3/h7-9H,4-6,10-11H2,1-3H3. The molecule has 2 rings (SSSR count). The molecule has 1 aliphatic heterocycles. The smallest absolute Gasteiger partial charge is 0.242 e. The predicted molar refractivity (Wildman–Crippen MR) is 78.1 cm³/mol. The highest BCUT2D eigenvalue weighted by molar-refractivity contribution is 7.89. The van der Waals surface area contributed by atoms with Gasteiger partial charge in [-0.15, -0.1) is 0 Å². The Kier molecular flexibility index (Phi) is 4.16. The lowest BCUT2D eigenvalue weighted by atomic mass is 10.1. The van der Waals surface area contributed by atoms with Crippen molar-refractivity contribution in [3.63, 3.8) is 0 Å². The predicted octanol–water partition coefficient (Wildman–Crippen LogP) is 2.24. The molecule has 106 valence electrons. The van der Waals surface area contributed by atoms with Crippen LogP contribution in [0.1, 0.15) is 24.8 Å². The second-order valence-corrected chi connectivity index (χ2v) is 7.36. The molecule has 1 saturated heterocycles. The monoisotopic (exact) mass is 282 g/mol. The second kappa shape index (κ2) is 5.51. The van der Waals surface area contributed by atoms with Crippen LogP contribution in [0, 0.1) is 6.92 Å². The van der Waals surface area contributed by atoms with Crippen molar-refractivity contribution in [2.45, 2.75) is 31.1 Å². The van der Waals surface area contributed by atoms with Gasteiger partial charge in [-0.05, 0) is 43.9 Å². The van der Waals surface area contributed by atoms with Gasteiger partial charge in [0.25, 0.3) is 0 Å². The van der Waals surface area contributed by atoms with Gasteiger partial charge in [-0.3, -0.25) is 0 Å². The van der Waals surface area contributed by atoms with Crippen molar-refractivity contribution < 1.29 is 8.42 Å². The van der Waals surface area contributed by atoms with E-state index in [0.29, 0.717) is 4.90 Å². The summed E-state index contributed by atoms with van der Waals surface area (Å²) in [5.41, 5.74) is 1.92. The summed E-state index contributed by atoms with van der Waals surface area (Å²) in [6, 6.07) is 5.56. The minimum Gasteiger partial charge on any atom is -0.371 e. The molecule has 0 aromatic heterocycles. The SMILES string of the molecule is Cc1c(N2CCCCC2)cccc1S(=O)(=O)N(C)C. The maximum Gasteiger partial charge on any atom is 0.242 e. The summed E-state index contributed by atoms with van der Waals surface area (Å²) in [4.78, 5) is 2.72. The average molecular weight is 282 g/mol. The van der Waals surface area contributed by atoms with E-state index in [-0.39, 0.29) is 0 Å². The summed E-state index contributed by atoms with van der Waals surface area (Å²) < 4.78 is 25.9. The highest BCUT2D eigenvalue weighted by Crippen LogP contribution is 2.29. The molecule has 0 saturated carbocycles. The van der Waals surface area contributed by atoms with Crippen LogP contribution in [0.3, 0.4) is 0 Å². The number of benzene rings is 1. The Morgan fingerprint density at radius 1 is 1.11 bits per heavy atom. The van der Waals surface area contributed by atoms with Gasteiger partial charge in [-0.25, -0.2) is 12.7 Å². The van der Waals surface area contributed by atoms with E-state index < -0.39 is 10.0 Å². The van der Waals surface area contributed by atoms with E-state index in [0.717, 1.165) is 24.3 Å². The molecule has 0 unspecified atom stereocenters. The summed E-state index contributed by atoms with van der Waals surface area (Å²) in [5, 5.41) is 0. The highest BCUT2D eigenvalue weighted by atomic mass is 32.2. The van der Waals surface area contributed by atoms with Gasteiger partial charge in [0.05, 0.1) is 4.90 Å². The molecule has 1 fully saturated rings. The Morgan fingerprint density at radius 3 is 2.32 bits per heavy atom. The number of sulfonamides is 1. The quantitative estimate of drug-likeness (QED) is 0.853. The van der Waals surface area contributed by atoms with Crippen LogP contribution in [-0.2, 0) is 10.0 Å². The lowest BCUT2D eigenvalue weighted by Crippen LogP contribution is -2.31. The Bertz CT molecular complexity index is 547. The van der Waals surface area contributed by atoms with Crippen LogP contribution in [0.15, 0.2) is 23.1 Å². The van der Waals surface area contributed by atoms with E-state index in [4.69, 9.17) is 0 Å². The first-order valence-corrected chi connectivity index (χ1v) is 8.15. The zero-order valence-electron chi connectivity index (χ0n) is 11.9. The van der Waals surface area contributed by atoms with Gasteiger partial charge in [0, 0.05) is 32.9 Å². The third kappa shape index (κ3) is 2.77. The number of anilines is 1. The first kappa shape index (κ1) is 14.3. The molecule has 0 bridgehead atoms. The lowest BCUT2D eigenvalue weighted by molar-refractivity contribution is 0.520. The van der Waals surface area contributed by atoms with E-state index in [1.54, 1.807) is 20.2 Å². The third-order valence-corrected chi connectivity index (χ3v) is 5.67. The fourth-order valence-corrected chi connectivity index (χ4v) is 3.69. The van der Waals surface area contributed by atoms with Crippen LogP contribution in [0.2, 0.25) is 0 Å². The molecule has 0 atom stereocenters. The number of hydrogen-bond donors (Lipinski definition) is 0. The molecular weight excluding hydrogens is 260 g/mol. The van der Waals surface area contributed by atoms with Gasteiger partial charge in [0.1, 0.15) is 0 Å². The molecular formula is C14H22N2O2S. The summed E-state index contributed by atoms with van der Waals surface area (Å²) in [5.74, 6) is 0. The van der Waals surface area contributed by atoms with E-state index in [9.17, 15) is 8.42 Å². The summed E-state index contributed by atoms with van der Waals surface area (Å²) in [6.45, 7) is 3.94. The highest BCUT2D eigenvalue weighted by Gasteiger charge is 2.23. The van der Waals surface area contributed by atoms with Gasteiger partial charge < -0.3 is 4.90 Å². The Balaban J connectivity index is 2.43. The number of nitrogens with zero attached hydrogens (tertiary/aromatic N) is 2. The maximum absolute atomic E-state index is 12.3. The van der Waals surface area contributed by atoms with E-state index >= 15 is 0 Å². The zero-order chi connectivity index (χ0) is 14.0. The molecule has 19 heavy (non-hydrogen) atoms. The van der Waals surface area contributed by atoms with Crippen molar-refractivity contribution in [2.24, 2.45) is 0 Å². The number of hydrogen-bond acceptors (Lipinski definition) is 3. The average Bonchev–Trinajstić information content (AvgIpc) is 2.39. The molecule has 1 aliphatic rings. The van der Waals surface area contributed by atoms with Crippen molar-refractivity contribution in [2.75, 3.05) is 32.1 Å². The summed E-state index contributed by atoms with van der Waals surface area (Å²) in [6.07, 6.45) is 3.64. The van der Waals surface area contributed by atoms with Crippen LogP contribution in [0.25, 0.3) is 0 Å². The fourth-order valence-electron chi connectivity index (χ4n) is 2.56. The topological polar surface area (TPSA) is 40.6 Å². The van der Waals surface area contributed by atoms with Gasteiger partial charge >= 0.3 is 0 Å². The summed E-state index contributed by atoms with van der Waals surface area (Å²) >= 11 is 0. The fraction of sp³-hybridized carbons (Fsp3) is 0.571. The molecule has 5 heteroatoms. The first-order valence-electron chi connectivity index (χ1n) is 6.71. The van der Waals surface area contributed by atoms with E-state index in [1.807, 2.05) is 19.1 Å². The molecule has 4 nitrogen and oxygen atoms in total. The van der Waals surface area contributed by atoms with Crippen molar-refractivity contribution in [3.8, 4) is 0 Å². The third-order valence-electron chi connectivity index (χ3n) is 3.71. The minimum atomic E-state index is -3.36. The first-order chi connectivity index (χ1) is 8.94. The Hall–Kier alpha value is -1.07. The van der Waals surface area contributed by atoms with E-state index in [1.165, 1.54) is 23.6 Å². The summed E-state index contributed by atoms with van der Waals surface area (Å²) in [7, 11) is -0.219. The van der Waals surface area contributed by atoms with Crippen LogP contribution in [0.5, 0.6) is 0 Å². The lowest BCUT2D eigenvalue weighted by Gasteiger charge is -2.31.